The first-order chi connectivity index (χ1) is 10.1. The molecule has 0 fully saturated rings. The van der Waals surface area contributed by atoms with Gasteiger partial charge in [0.15, 0.2) is 9.84 Å². The van der Waals surface area contributed by atoms with Crippen molar-refractivity contribution in [1.82, 2.24) is 0 Å². The van der Waals surface area contributed by atoms with Crippen molar-refractivity contribution < 1.29 is 8.42 Å². The van der Waals surface area contributed by atoms with E-state index < -0.39 is 15.6 Å². The zero-order chi connectivity index (χ0) is 15.6. The highest BCUT2D eigenvalue weighted by Crippen LogP contribution is 2.14. The summed E-state index contributed by atoms with van der Waals surface area (Å²) < 4.78 is 24.2. The molecule has 106 valence electrons. The van der Waals surface area contributed by atoms with E-state index >= 15 is 0 Å². The minimum Gasteiger partial charge on any atom is -0.223 e. The molecule has 0 radical (unpaired) electrons. The van der Waals surface area contributed by atoms with Gasteiger partial charge < -0.3 is 0 Å². The van der Waals surface area contributed by atoms with E-state index in [9.17, 15) is 8.42 Å². The zero-order valence-corrected chi connectivity index (χ0v) is 11.6. The summed E-state index contributed by atoms with van der Waals surface area (Å²) in [6.45, 7) is -0.0536. The van der Waals surface area contributed by atoms with Crippen LogP contribution in [0.3, 0.4) is 0 Å². The third-order valence-electron chi connectivity index (χ3n) is 2.17. The Bertz CT molecular complexity index is 776. The smallest absolute Gasteiger partial charge is 0.182 e. The van der Waals surface area contributed by atoms with Gasteiger partial charge in [0.2, 0.25) is 0 Å². The summed E-state index contributed by atoms with van der Waals surface area (Å²) in [5.41, 5.74) is 16.5. The van der Waals surface area contributed by atoms with E-state index in [1.165, 1.54) is 18.2 Å². The molecule has 0 heterocycles. The van der Waals surface area contributed by atoms with E-state index in [0.29, 0.717) is 0 Å². The lowest BCUT2D eigenvalue weighted by Gasteiger charge is -2.03. The number of rotatable bonds is 5. The summed E-state index contributed by atoms with van der Waals surface area (Å²) >= 11 is 0. The number of sulfone groups is 1. The van der Waals surface area contributed by atoms with Gasteiger partial charge in [0.05, 0.1) is 17.2 Å². The quantitative estimate of drug-likeness (QED) is 0.358. The van der Waals surface area contributed by atoms with Crippen molar-refractivity contribution in [3.05, 3.63) is 63.0 Å². The van der Waals surface area contributed by atoms with Crippen LogP contribution in [0.25, 0.3) is 20.9 Å². The van der Waals surface area contributed by atoms with Crippen LogP contribution in [0.5, 0.6) is 0 Å². The van der Waals surface area contributed by atoms with Gasteiger partial charge in [-0.25, -0.2) is 8.42 Å². The minimum absolute atomic E-state index is 0.0326. The van der Waals surface area contributed by atoms with Crippen LogP contribution in [-0.4, -0.2) is 20.7 Å². The molecule has 21 heavy (non-hydrogen) atoms. The van der Waals surface area contributed by atoms with Crippen molar-refractivity contribution in [2.45, 2.75) is 4.90 Å². The Morgan fingerprint density at radius 1 is 1.24 bits per heavy atom. The minimum atomic E-state index is -3.61. The van der Waals surface area contributed by atoms with Crippen molar-refractivity contribution >= 4 is 9.84 Å². The Hall–Kier alpha value is -2.91. The lowest BCUT2D eigenvalue weighted by Crippen LogP contribution is -2.07. The number of benzene rings is 1. The molecule has 0 aromatic heterocycles. The molecule has 0 unspecified atom stereocenters. The maximum absolute atomic E-state index is 12.1. The lowest BCUT2D eigenvalue weighted by atomic mass is 10.4. The standard InChI is InChI=1S/C12H10N6O2S/c13-17-15-9-5-4-6-11(16-18-14)10-21(19,20)12-7-2-1-3-8-12/h1-3,6-8H,9-10H2. The molecule has 0 bridgehead atoms. The fourth-order valence-corrected chi connectivity index (χ4v) is 2.58. The fraction of sp³-hybridized carbons (Fsp3) is 0.167. The molecule has 1 aromatic carbocycles. The van der Waals surface area contributed by atoms with Crippen LogP contribution in [0.1, 0.15) is 0 Å². The SMILES string of the molecule is [N-]=[N+]=NCC#CC=C(CS(=O)(=O)c1ccccc1)N=[N+]=[N-]. The Morgan fingerprint density at radius 3 is 2.57 bits per heavy atom. The van der Waals surface area contributed by atoms with E-state index in [0.717, 1.165) is 0 Å². The molecule has 0 aliphatic heterocycles. The third kappa shape index (κ3) is 5.72. The molecule has 0 spiro atoms. The van der Waals surface area contributed by atoms with E-state index in [1.54, 1.807) is 18.2 Å². The highest BCUT2D eigenvalue weighted by molar-refractivity contribution is 7.91. The number of hydrogen-bond acceptors (Lipinski definition) is 4. The highest BCUT2D eigenvalue weighted by Gasteiger charge is 2.15. The van der Waals surface area contributed by atoms with Crippen LogP contribution in [0, 0.1) is 11.8 Å². The molecule has 1 aromatic rings. The Balaban J connectivity index is 2.97. The number of allylic oxidation sites excluding steroid dienone is 1. The van der Waals surface area contributed by atoms with Gasteiger partial charge in [-0.3, -0.25) is 0 Å². The molecule has 8 nitrogen and oxygen atoms in total. The summed E-state index contributed by atoms with van der Waals surface area (Å²) in [5, 5.41) is 6.50. The van der Waals surface area contributed by atoms with E-state index in [1.807, 2.05) is 0 Å². The molecular weight excluding hydrogens is 292 g/mol. The Labute approximate surface area is 121 Å². The first-order valence-corrected chi connectivity index (χ1v) is 7.26. The average molecular weight is 302 g/mol. The van der Waals surface area contributed by atoms with Gasteiger partial charge in [-0.2, -0.15) is 0 Å². The molecule has 0 atom stereocenters. The van der Waals surface area contributed by atoms with Crippen LogP contribution in [0.4, 0.5) is 0 Å². The monoisotopic (exact) mass is 302 g/mol. The number of hydrogen-bond donors (Lipinski definition) is 0. The zero-order valence-electron chi connectivity index (χ0n) is 10.8. The molecule has 0 N–H and O–H groups in total. The van der Waals surface area contributed by atoms with Gasteiger partial charge in [-0.05, 0) is 29.3 Å². The van der Waals surface area contributed by atoms with Crippen molar-refractivity contribution in [3.63, 3.8) is 0 Å². The van der Waals surface area contributed by atoms with Gasteiger partial charge in [-0.15, -0.1) is 0 Å². The second-order valence-corrected chi connectivity index (χ2v) is 5.60. The molecule has 9 heteroatoms. The summed E-state index contributed by atoms with van der Waals surface area (Å²) in [6.07, 6.45) is 1.19. The van der Waals surface area contributed by atoms with Gasteiger partial charge in [0.1, 0.15) is 0 Å². The van der Waals surface area contributed by atoms with Crippen LogP contribution >= 0.6 is 0 Å². The van der Waals surface area contributed by atoms with Crippen LogP contribution < -0.4 is 0 Å². The highest BCUT2D eigenvalue weighted by atomic mass is 32.2. The van der Waals surface area contributed by atoms with E-state index in [2.05, 4.69) is 31.9 Å². The maximum atomic E-state index is 12.1. The summed E-state index contributed by atoms with van der Waals surface area (Å²) in [5.74, 6) is 4.49. The third-order valence-corrected chi connectivity index (χ3v) is 3.83. The van der Waals surface area contributed by atoms with Gasteiger partial charge >= 0.3 is 0 Å². The van der Waals surface area contributed by atoms with E-state index in [4.69, 9.17) is 11.1 Å². The lowest BCUT2D eigenvalue weighted by molar-refractivity contribution is 0.598. The van der Waals surface area contributed by atoms with Crippen LogP contribution in [0.15, 0.2) is 57.2 Å². The van der Waals surface area contributed by atoms with Crippen LogP contribution in [0.2, 0.25) is 0 Å². The summed E-state index contributed by atoms with van der Waals surface area (Å²) in [6, 6.07) is 7.81. The largest absolute Gasteiger partial charge is 0.223 e. The second kappa shape index (κ2) is 8.30. The van der Waals surface area contributed by atoms with Crippen molar-refractivity contribution in [2.24, 2.45) is 10.2 Å². The van der Waals surface area contributed by atoms with Gasteiger partial charge in [0, 0.05) is 15.5 Å². The second-order valence-electron chi connectivity index (χ2n) is 3.61. The van der Waals surface area contributed by atoms with E-state index in [-0.39, 0.29) is 17.1 Å². The normalized spacial score (nSPS) is 10.6. The molecule has 0 saturated carbocycles. The first kappa shape index (κ1) is 16.1. The average Bonchev–Trinajstić information content (AvgIpc) is 2.48. The molecular formula is C12H10N6O2S. The predicted molar refractivity (Wildman–Crippen MR) is 77.5 cm³/mol. The van der Waals surface area contributed by atoms with Gasteiger partial charge in [0.25, 0.3) is 0 Å². The topological polar surface area (TPSA) is 132 Å². The number of nitrogens with zero attached hydrogens (tertiary/aromatic N) is 6. The van der Waals surface area contributed by atoms with Crippen molar-refractivity contribution in [2.75, 3.05) is 12.3 Å². The predicted octanol–water partition coefficient (Wildman–Crippen LogP) is 2.97. The fourth-order valence-electron chi connectivity index (χ4n) is 1.31. The number of azide groups is 2. The first-order valence-electron chi connectivity index (χ1n) is 5.61. The molecule has 0 saturated heterocycles. The molecule has 0 amide bonds. The Morgan fingerprint density at radius 2 is 1.95 bits per heavy atom. The maximum Gasteiger partial charge on any atom is 0.182 e. The summed E-state index contributed by atoms with van der Waals surface area (Å²) in [4.78, 5) is 5.21. The molecule has 0 aliphatic rings. The molecule has 1 rings (SSSR count). The van der Waals surface area contributed by atoms with Gasteiger partial charge in [-0.1, -0.05) is 40.3 Å². The van der Waals surface area contributed by atoms with Crippen LogP contribution in [-0.2, 0) is 9.84 Å². The Kier molecular flexibility index (Phi) is 6.38. The van der Waals surface area contributed by atoms with Crippen molar-refractivity contribution in [3.8, 4) is 11.8 Å². The van der Waals surface area contributed by atoms with Crippen molar-refractivity contribution in [1.29, 1.82) is 0 Å². The summed E-state index contributed by atoms with van der Waals surface area (Å²) in [7, 11) is -3.61. The molecule has 0 aliphatic carbocycles.